The van der Waals surface area contributed by atoms with Crippen LogP contribution in [0.15, 0.2) is 0 Å². The van der Waals surface area contributed by atoms with Crippen molar-refractivity contribution in [2.24, 2.45) is 0 Å². The highest BCUT2D eigenvalue weighted by molar-refractivity contribution is 5.65. The molecule has 0 amide bonds. The van der Waals surface area contributed by atoms with Crippen LogP contribution in [0, 0.1) is 0 Å². The standard InChI is InChI=1S/C8H17NO2/c1-4-6-9(7-5-2)11-8(3)10/h4-7H2,1-3H3. The van der Waals surface area contributed by atoms with Crippen molar-refractivity contribution in [1.82, 2.24) is 5.06 Å². The van der Waals surface area contributed by atoms with Gasteiger partial charge >= 0.3 is 5.97 Å². The maximum Gasteiger partial charge on any atom is 0.322 e. The summed E-state index contributed by atoms with van der Waals surface area (Å²) in [6.45, 7) is 7.21. The summed E-state index contributed by atoms with van der Waals surface area (Å²) in [7, 11) is 0. The molecule has 0 radical (unpaired) electrons. The van der Waals surface area contributed by atoms with E-state index < -0.39 is 0 Å². The molecule has 0 unspecified atom stereocenters. The number of hydrogen-bond acceptors (Lipinski definition) is 3. The third kappa shape index (κ3) is 5.85. The second-order valence-electron chi connectivity index (χ2n) is 2.51. The average Bonchev–Trinajstić information content (AvgIpc) is 1.87. The van der Waals surface area contributed by atoms with Gasteiger partial charge in [0.2, 0.25) is 0 Å². The molecular weight excluding hydrogens is 142 g/mol. The molecule has 66 valence electrons. The van der Waals surface area contributed by atoms with Crippen LogP contribution in [-0.2, 0) is 9.63 Å². The third-order valence-corrected chi connectivity index (χ3v) is 1.20. The van der Waals surface area contributed by atoms with Gasteiger partial charge in [0.25, 0.3) is 0 Å². The highest BCUT2D eigenvalue weighted by Gasteiger charge is 2.04. The molecule has 0 fully saturated rings. The summed E-state index contributed by atoms with van der Waals surface area (Å²) in [5.74, 6) is -0.230. The van der Waals surface area contributed by atoms with E-state index in [1.54, 1.807) is 5.06 Å². The fourth-order valence-electron chi connectivity index (χ4n) is 0.884. The molecule has 0 atom stereocenters. The van der Waals surface area contributed by atoms with Crippen LogP contribution in [0.25, 0.3) is 0 Å². The van der Waals surface area contributed by atoms with Gasteiger partial charge in [0.05, 0.1) is 0 Å². The molecule has 0 saturated heterocycles. The van der Waals surface area contributed by atoms with Gasteiger partial charge in [-0.3, -0.25) is 4.79 Å². The van der Waals surface area contributed by atoms with Gasteiger partial charge in [0, 0.05) is 20.0 Å². The van der Waals surface area contributed by atoms with Crippen molar-refractivity contribution in [1.29, 1.82) is 0 Å². The van der Waals surface area contributed by atoms with Gasteiger partial charge < -0.3 is 4.84 Å². The summed E-state index contributed by atoms with van der Waals surface area (Å²) in [4.78, 5) is 15.5. The van der Waals surface area contributed by atoms with Gasteiger partial charge in [-0.05, 0) is 12.8 Å². The van der Waals surface area contributed by atoms with Crippen LogP contribution in [0.2, 0.25) is 0 Å². The lowest BCUT2D eigenvalue weighted by atomic mass is 10.4. The van der Waals surface area contributed by atoms with E-state index in [0.29, 0.717) is 0 Å². The summed E-state index contributed by atoms with van der Waals surface area (Å²) in [6.07, 6.45) is 2.01. The fourth-order valence-corrected chi connectivity index (χ4v) is 0.884. The molecule has 0 aliphatic carbocycles. The Morgan fingerprint density at radius 2 is 1.73 bits per heavy atom. The number of carbonyl (C=O) groups excluding carboxylic acids is 1. The zero-order valence-corrected chi connectivity index (χ0v) is 7.59. The predicted octanol–water partition coefficient (Wildman–Crippen LogP) is 1.59. The van der Waals surface area contributed by atoms with Gasteiger partial charge in [-0.2, -0.15) is 0 Å². The summed E-state index contributed by atoms with van der Waals surface area (Å²) in [6, 6.07) is 0. The van der Waals surface area contributed by atoms with Crippen LogP contribution < -0.4 is 0 Å². The summed E-state index contributed by atoms with van der Waals surface area (Å²) in [5.41, 5.74) is 0. The summed E-state index contributed by atoms with van der Waals surface area (Å²) >= 11 is 0. The van der Waals surface area contributed by atoms with Gasteiger partial charge in [0.1, 0.15) is 0 Å². The molecule has 0 aliphatic rings. The van der Waals surface area contributed by atoms with Crippen LogP contribution >= 0.6 is 0 Å². The number of carbonyl (C=O) groups is 1. The van der Waals surface area contributed by atoms with E-state index in [1.165, 1.54) is 6.92 Å². The topological polar surface area (TPSA) is 29.5 Å². The average molecular weight is 159 g/mol. The maximum absolute atomic E-state index is 10.5. The second kappa shape index (κ2) is 6.16. The molecule has 0 spiro atoms. The zero-order chi connectivity index (χ0) is 8.69. The molecule has 0 heterocycles. The highest BCUT2D eigenvalue weighted by Crippen LogP contribution is 1.95. The van der Waals surface area contributed by atoms with Crippen LogP contribution in [0.5, 0.6) is 0 Å². The number of hydroxylamine groups is 2. The largest absolute Gasteiger partial charge is 0.368 e. The third-order valence-electron chi connectivity index (χ3n) is 1.20. The van der Waals surface area contributed by atoms with Crippen LogP contribution in [0.4, 0.5) is 0 Å². The number of nitrogens with zero attached hydrogens (tertiary/aromatic N) is 1. The van der Waals surface area contributed by atoms with Crippen molar-refractivity contribution in [3.05, 3.63) is 0 Å². The molecule has 0 aromatic rings. The van der Waals surface area contributed by atoms with Crippen molar-refractivity contribution in [3.8, 4) is 0 Å². The Balaban J connectivity index is 3.59. The van der Waals surface area contributed by atoms with E-state index in [1.807, 2.05) is 0 Å². The van der Waals surface area contributed by atoms with E-state index in [2.05, 4.69) is 13.8 Å². The van der Waals surface area contributed by atoms with E-state index in [-0.39, 0.29) is 5.97 Å². The van der Waals surface area contributed by atoms with Crippen LogP contribution in [-0.4, -0.2) is 24.1 Å². The Hall–Kier alpha value is -0.570. The van der Waals surface area contributed by atoms with E-state index in [0.717, 1.165) is 25.9 Å². The van der Waals surface area contributed by atoms with E-state index in [9.17, 15) is 4.79 Å². The maximum atomic E-state index is 10.5. The molecule has 0 aromatic heterocycles. The normalized spacial score (nSPS) is 10.2. The lowest BCUT2D eigenvalue weighted by Crippen LogP contribution is -2.27. The lowest BCUT2D eigenvalue weighted by molar-refractivity contribution is -0.187. The Morgan fingerprint density at radius 1 is 1.27 bits per heavy atom. The molecule has 0 N–H and O–H groups in total. The lowest BCUT2D eigenvalue weighted by Gasteiger charge is -2.18. The molecule has 0 aromatic carbocycles. The molecule has 0 saturated carbocycles. The predicted molar refractivity (Wildman–Crippen MR) is 43.9 cm³/mol. The van der Waals surface area contributed by atoms with Crippen molar-refractivity contribution >= 4 is 5.97 Å². The summed E-state index contributed by atoms with van der Waals surface area (Å²) in [5, 5.41) is 1.71. The van der Waals surface area contributed by atoms with Crippen LogP contribution in [0.1, 0.15) is 33.6 Å². The minimum Gasteiger partial charge on any atom is -0.368 e. The van der Waals surface area contributed by atoms with E-state index >= 15 is 0 Å². The second-order valence-corrected chi connectivity index (χ2v) is 2.51. The Morgan fingerprint density at radius 3 is 2.00 bits per heavy atom. The molecule has 0 aliphatic heterocycles. The summed E-state index contributed by atoms with van der Waals surface area (Å²) < 4.78 is 0. The molecule has 0 bridgehead atoms. The molecule has 3 heteroatoms. The number of hydrogen-bond donors (Lipinski definition) is 0. The quantitative estimate of drug-likeness (QED) is 0.570. The van der Waals surface area contributed by atoms with Gasteiger partial charge in [-0.25, -0.2) is 0 Å². The SMILES string of the molecule is CCCN(CCC)OC(C)=O. The van der Waals surface area contributed by atoms with Crippen molar-refractivity contribution in [2.45, 2.75) is 33.6 Å². The Kier molecular flexibility index (Phi) is 5.84. The van der Waals surface area contributed by atoms with E-state index in [4.69, 9.17) is 4.84 Å². The van der Waals surface area contributed by atoms with Gasteiger partial charge in [-0.1, -0.05) is 13.8 Å². The smallest absolute Gasteiger partial charge is 0.322 e. The fraction of sp³-hybridized carbons (Fsp3) is 0.875. The Labute approximate surface area is 68.3 Å². The van der Waals surface area contributed by atoms with Crippen molar-refractivity contribution in [2.75, 3.05) is 13.1 Å². The highest BCUT2D eigenvalue weighted by atomic mass is 16.7. The molecular formula is C8H17NO2. The van der Waals surface area contributed by atoms with Crippen molar-refractivity contribution < 1.29 is 9.63 Å². The molecule has 3 nitrogen and oxygen atoms in total. The molecule has 0 rings (SSSR count). The first-order chi connectivity index (χ1) is 5.20. The molecule has 11 heavy (non-hydrogen) atoms. The Bertz CT molecular complexity index is 109. The van der Waals surface area contributed by atoms with Gasteiger partial charge in [-0.15, -0.1) is 5.06 Å². The monoisotopic (exact) mass is 159 g/mol. The first-order valence-corrected chi connectivity index (χ1v) is 4.14. The minimum atomic E-state index is -0.230. The van der Waals surface area contributed by atoms with Crippen molar-refractivity contribution in [3.63, 3.8) is 0 Å². The zero-order valence-electron chi connectivity index (χ0n) is 7.59. The number of rotatable bonds is 5. The first-order valence-electron chi connectivity index (χ1n) is 4.14. The van der Waals surface area contributed by atoms with Gasteiger partial charge in [0.15, 0.2) is 0 Å². The minimum absolute atomic E-state index is 0.230. The first kappa shape index (κ1) is 10.4. The van der Waals surface area contributed by atoms with Crippen LogP contribution in [0.3, 0.4) is 0 Å².